The smallest absolute Gasteiger partial charge is 0.200 e. The first kappa shape index (κ1) is 9.00. The minimum Gasteiger partial charge on any atom is -0.360 e. The van der Waals surface area contributed by atoms with E-state index in [-0.39, 0.29) is 11.7 Å². The van der Waals surface area contributed by atoms with Crippen LogP contribution in [0.1, 0.15) is 5.69 Å². The second-order valence-electron chi connectivity index (χ2n) is 2.01. The molecule has 6 heteroatoms. The molecule has 1 aromatic heterocycles. The topological polar surface area (TPSA) is 54.9 Å². The lowest BCUT2D eigenvalue weighted by atomic mass is 10.1. The van der Waals surface area contributed by atoms with E-state index in [1.165, 1.54) is 12.4 Å². The second kappa shape index (κ2) is 4.06. The third-order valence-corrected chi connectivity index (χ3v) is 1.47. The molecule has 0 aliphatic rings. The van der Waals surface area contributed by atoms with Crippen LogP contribution in [0.25, 0.3) is 0 Å². The van der Waals surface area contributed by atoms with Crippen LogP contribution in [0.4, 0.5) is 4.79 Å². The van der Waals surface area contributed by atoms with Crippen molar-refractivity contribution in [1.29, 1.82) is 0 Å². The van der Waals surface area contributed by atoms with Crippen LogP contribution in [0.3, 0.4) is 0 Å². The minimum atomic E-state index is -0.614. The fourth-order valence-electron chi connectivity index (χ4n) is 0.639. The van der Waals surface area contributed by atoms with E-state index < -0.39 is 5.81 Å². The van der Waals surface area contributed by atoms with Gasteiger partial charge in [-0.05, 0) is 0 Å². The summed E-state index contributed by atoms with van der Waals surface area (Å²) in [7, 11) is 4.85. The predicted octanol–water partition coefficient (Wildman–Crippen LogP) is 0.508. The Morgan fingerprint density at radius 3 is 2.83 bits per heavy atom. The average Bonchev–Trinajstić information content (AvgIpc) is 2.03. The Morgan fingerprint density at radius 2 is 2.25 bits per heavy atom. The zero-order valence-electron chi connectivity index (χ0n) is 6.12. The summed E-state index contributed by atoms with van der Waals surface area (Å²) in [5.41, 5.74) is 0.498. The first-order chi connectivity index (χ1) is 5.70. The third kappa shape index (κ3) is 2.50. The molecule has 1 amide bonds. The Balaban J connectivity index is 2.63. The SMILES string of the molecule is [B]C(=O)NCc1nccnc1Cl. The molecule has 12 heavy (non-hydrogen) atoms. The van der Waals surface area contributed by atoms with Crippen LogP contribution in [0.15, 0.2) is 12.4 Å². The molecule has 0 aliphatic heterocycles. The minimum absolute atomic E-state index is 0.196. The zero-order chi connectivity index (χ0) is 8.97. The van der Waals surface area contributed by atoms with Gasteiger partial charge in [0.2, 0.25) is 7.85 Å². The molecule has 1 N–H and O–H groups in total. The lowest BCUT2D eigenvalue weighted by molar-refractivity contribution is 0.259. The number of nitrogens with one attached hydrogen (secondary N) is 1. The van der Waals surface area contributed by atoms with Gasteiger partial charge in [-0.25, -0.2) is 4.98 Å². The zero-order valence-corrected chi connectivity index (χ0v) is 6.88. The highest BCUT2D eigenvalue weighted by molar-refractivity contribution is 6.57. The summed E-state index contributed by atoms with van der Waals surface area (Å²) in [6, 6.07) is 0. The van der Waals surface area contributed by atoms with E-state index in [1.807, 2.05) is 0 Å². The number of carbonyl (C=O) groups excluding carboxylic acids is 1. The predicted molar refractivity (Wildman–Crippen MR) is 45.0 cm³/mol. The first-order valence-electron chi connectivity index (χ1n) is 3.19. The van der Waals surface area contributed by atoms with Crippen molar-refractivity contribution in [3.8, 4) is 0 Å². The molecule has 0 saturated heterocycles. The molecule has 2 radical (unpaired) electrons. The molecule has 1 rings (SSSR count). The molecular formula is C6H5BClN3O. The van der Waals surface area contributed by atoms with E-state index in [1.54, 1.807) is 0 Å². The Labute approximate surface area is 75.8 Å². The summed E-state index contributed by atoms with van der Waals surface area (Å²) in [5.74, 6) is -0.614. The van der Waals surface area contributed by atoms with Gasteiger partial charge in [0, 0.05) is 12.4 Å². The van der Waals surface area contributed by atoms with Gasteiger partial charge in [0.1, 0.15) is 0 Å². The van der Waals surface area contributed by atoms with Gasteiger partial charge in [-0.2, -0.15) is 0 Å². The molecule has 0 spiro atoms. The monoisotopic (exact) mass is 181 g/mol. The average molecular weight is 181 g/mol. The maximum atomic E-state index is 10.3. The number of hydrogen-bond acceptors (Lipinski definition) is 3. The van der Waals surface area contributed by atoms with Crippen LogP contribution in [-0.4, -0.2) is 23.6 Å². The number of hydrogen-bond donors (Lipinski definition) is 1. The summed E-state index contributed by atoms with van der Waals surface area (Å²) in [4.78, 5) is 18.0. The van der Waals surface area contributed by atoms with Crippen LogP contribution < -0.4 is 5.32 Å². The summed E-state index contributed by atoms with van der Waals surface area (Å²) in [5, 5.41) is 2.62. The Kier molecular flexibility index (Phi) is 3.05. The number of rotatable bonds is 2. The van der Waals surface area contributed by atoms with Crippen LogP contribution in [-0.2, 0) is 6.54 Å². The molecule has 1 heterocycles. The van der Waals surface area contributed by atoms with Crippen LogP contribution in [0, 0.1) is 0 Å². The normalized spacial score (nSPS) is 9.42. The molecule has 0 saturated carbocycles. The van der Waals surface area contributed by atoms with Crippen LogP contribution in [0.5, 0.6) is 0 Å². The van der Waals surface area contributed by atoms with E-state index in [0.29, 0.717) is 5.69 Å². The molecule has 1 aromatic rings. The first-order valence-corrected chi connectivity index (χ1v) is 3.56. The summed E-state index contributed by atoms with van der Waals surface area (Å²) >= 11 is 5.64. The van der Waals surface area contributed by atoms with Crippen molar-refractivity contribution < 1.29 is 4.79 Å². The molecule has 4 nitrogen and oxygen atoms in total. The highest BCUT2D eigenvalue weighted by atomic mass is 35.5. The fraction of sp³-hybridized carbons (Fsp3) is 0.167. The highest BCUT2D eigenvalue weighted by Gasteiger charge is 2.01. The van der Waals surface area contributed by atoms with Gasteiger partial charge in [-0.15, -0.1) is 0 Å². The summed E-state index contributed by atoms with van der Waals surface area (Å²) in [6.07, 6.45) is 2.96. The number of nitrogens with zero attached hydrogens (tertiary/aromatic N) is 2. The Hall–Kier alpha value is -1.10. The van der Waals surface area contributed by atoms with Gasteiger partial charge in [0.15, 0.2) is 11.0 Å². The van der Waals surface area contributed by atoms with Crippen molar-refractivity contribution in [3.63, 3.8) is 0 Å². The summed E-state index contributed by atoms with van der Waals surface area (Å²) < 4.78 is 0. The Bertz CT molecular complexity index is 294. The highest BCUT2D eigenvalue weighted by Crippen LogP contribution is 2.07. The van der Waals surface area contributed by atoms with Crippen molar-refractivity contribution in [2.45, 2.75) is 6.54 Å². The second-order valence-corrected chi connectivity index (χ2v) is 2.37. The van der Waals surface area contributed by atoms with Gasteiger partial charge >= 0.3 is 0 Å². The number of aromatic nitrogens is 2. The standard InChI is InChI=1S/C6H5BClN3O/c7-6(12)11-3-4-5(8)10-2-1-9-4/h1-2H,3H2,(H,11,12). The number of halogens is 1. The molecule has 60 valence electrons. The molecule has 0 bridgehead atoms. The molecule has 0 aliphatic carbocycles. The molecule has 0 atom stereocenters. The van der Waals surface area contributed by atoms with Gasteiger partial charge in [-0.3, -0.25) is 9.78 Å². The molecular weight excluding hydrogens is 176 g/mol. The van der Waals surface area contributed by atoms with E-state index in [2.05, 4.69) is 15.3 Å². The van der Waals surface area contributed by atoms with E-state index in [4.69, 9.17) is 19.4 Å². The van der Waals surface area contributed by atoms with Gasteiger partial charge < -0.3 is 5.32 Å². The van der Waals surface area contributed by atoms with E-state index in [9.17, 15) is 4.79 Å². The number of carbonyl (C=O) groups is 1. The maximum Gasteiger partial charge on any atom is 0.200 e. The Morgan fingerprint density at radius 1 is 1.58 bits per heavy atom. The van der Waals surface area contributed by atoms with Gasteiger partial charge in [0.25, 0.3) is 0 Å². The van der Waals surface area contributed by atoms with E-state index in [0.717, 1.165) is 0 Å². The van der Waals surface area contributed by atoms with Crippen LogP contribution >= 0.6 is 11.6 Å². The molecule has 0 unspecified atom stereocenters. The maximum absolute atomic E-state index is 10.3. The lowest BCUT2D eigenvalue weighted by Gasteiger charge is -2.01. The van der Waals surface area contributed by atoms with Crippen LogP contribution in [0.2, 0.25) is 5.15 Å². The number of amides is 1. The summed E-state index contributed by atoms with van der Waals surface area (Å²) in [6.45, 7) is 0.196. The third-order valence-electron chi connectivity index (χ3n) is 1.15. The van der Waals surface area contributed by atoms with Gasteiger partial charge in [0.05, 0.1) is 12.2 Å². The largest absolute Gasteiger partial charge is 0.360 e. The molecule has 0 aromatic carbocycles. The fourth-order valence-corrected chi connectivity index (χ4v) is 0.811. The van der Waals surface area contributed by atoms with Crippen molar-refractivity contribution in [1.82, 2.24) is 15.3 Å². The van der Waals surface area contributed by atoms with E-state index >= 15 is 0 Å². The molecule has 0 fully saturated rings. The van der Waals surface area contributed by atoms with Gasteiger partial charge in [-0.1, -0.05) is 11.6 Å². The van der Waals surface area contributed by atoms with Crippen molar-refractivity contribution in [2.24, 2.45) is 0 Å². The quantitative estimate of drug-likeness (QED) is 0.676. The lowest BCUT2D eigenvalue weighted by Crippen LogP contribution is -2.21. The van der Waals surface area contributed by atoms with Crippen molar-refractivity contribution >= 4 is 25.3 Å². The van der Waals surface area contributed by atoms with Crippen molar-refractivity contribution in [3.05, 3.63) is 23.2 Å². The van der Waals surface area contributed by atoms with Crippen molar-refractivity contribution in [2.75, 3.05) is 0 Å².